The molecule has 72 valence electrons. The van der Waals surface area contributed by atoms with Gasteiger partial charge in [-0.2, -0.15) is 0 Å². The van der Waals surface area contributed by atoms with E-state index >= 15 is 0 Å². The molecule has 0 saturated carbocycles. The average Bonchev–Trinajstić information content (AvgIpc) is 2.53. The minimum Gasteiger partial charge on any atom is -0.316 e. The molecule has 2 heterocycles. The molecule has 0 radical (unpaired) electrons. The van der Waals surface area contributed by atoms with Gasteiger partial charge in [0, 0.05) is 17.5 Å². The summed E-state index contributed by atoms with van der Waals surface area (Å²) in [7, 11) is 0. The fourth-order valence-electron chi connectivity index (χ4n) is 1.84. The molecule has 1 fully saturated rings. The Morgan fingerprint density at radius 1 is 1.69 bits per heavy atom. The number of thiazole rings is 1. The van der Waals surface area contributed by atoms with Gasteiger partial charge in [0.2, 0.25) is 0 Å². The highest BCUT2D eigenvalue weighted by Gasteiger charge is 2.14. The summed E-state index contributed by atoms with van der Waals surface area (Å²) < 4.78 is 0. The van der Waals surface area contributed by atoms with Crippen LogP contribution in [0.15, 0.2) is 6.20 Å². The fraction of sp³-hybridized carbons (Fsp3) is 0.700. The maximum atomic E-state index is 4.40. The summed E-state index contributed by atoms with van der Waals surface area (Å²) >= 11 is 1.84. The lowest BCUT2D eigenvalue weighted by Gasteiger charge is -2.21. The third-order valence-electron chi connectivity index (χ3n) is 2.53. The van der Waals surface area contributed by atoms with E-state index in [0.29, 0.717) is 0 Å². The minimum absolute atomic E-state index is 0.819. The Morgan fingerprint density at radius 3 is 3.23 bits per heavy atom. The Morgan fingerprint density at radius 2 is 2.62 bits per heavy atom. The number of rotatable bonds is 2. The van der Waals surface area contributed by atoms with Crippen molar-refractivity contribution in [3.05, 3.63) is 16.1 Å². The van der Waals surface area contributed by atoms with E-state index in [1.807, 2.05) is 17.5 Å². The molecule has 1 saturated heterocycles. The minimum atomic E-state index is 0.819. The van der Waals surface area contributed by atoms with Crippen LogP contribution in [0.1, 0.15) is 22.7 Å². The van der Waals surface area contributed by atoms with Crippen LogP contribution >= 0.6 is 11.3 Å². The van der Waals surface area contributed by atoms with E-state index in [-0.39, 0.29) is 0 Å². The number of hydrogen-bond donors (Lipinski definition) is 1. The van der Waals surface area contributed by atoms with Crippen LogP contribution < -0.4 is 5.32 Å². The van der Waals surface area contributed by atoms with Gasteiger partial charge in [0.05, 0.1) is 5.01 Å². The number of piperidine rings is 1. The van der Waals surface area contributed by atoms with Crippen molar-refractivity contribution in [2.75, 3.05) is 13.1 Å². The van der Waals surface area contributed by atoms with Crippen LogP contribution in [0.3, 0.4) is 0 Å². The van der Waals surface area contributed by atoms with Gasteiger partial charge in [-0.1, -0.05) is 0 Å². The highest BCUT2D eigenvalue weighted by atomic mass is 32.1. The summed E-state index contributed by atoms with van der Waals surface area (Å²) in [6.45, 7) is 4.51. The first-order chi connectivity index (χ1) is 6.34. The van der Waals surface area contributed by atoms with Gasteiger partial charge in [-0.05, 0) is 38.8 Å². The molecule has 0 spiro atoms. The standard InChI is InChI=1S/C10H16N2S/c1-8-6-12-10(13-8)5-9-3-2-4-11-7-9/h6,9,11H,2-5,7H2,1H3. The molecular weight excluding hydrogens is 180 g/mol. The molecule has 3 heteroatoms. The smallest absolute Gasteiger partial charge is 0.0930 e. The monoisotopic (exact) mass is 196 g/mol. The number of aromatic nitrogens is 1. The molecule has 1 unspecified atom stereocenters. The number of nitrogens with one attached hydrogen (secondary N) is 1. The van der Waals surface area contributed by atoms with Crippen molar-refractivity contribution in [2.24, 2.45) is 5.92 Å². The quantitative estimate of drug-likeness (QED) is 0.782. The number of nitrogens with zero attached hydrogens (tertiary/aromatic N) is 1. The zero-order valence-electron chi connectivity index (χ0n) is 8.05. The normalized spacial score (nSPS) is 23.3. The molecule has 1 aliphatic heterocycles. The fourth-order valence-corrected chi connectivity index (χ4v) is 2.74. The number of aryl methyl sites for hydroxylation is 1. The van der Waals surface area contributed by atoms with E-state index in [1.165, 1.54) is 42.2 Å². The maximum absolute atomic E-state index is 4.40. The summed E-state index contributed by atoms with van der Waals surface area (Å²) in [6.07, 6.45) is 5.85. The summed E-state index contributed by atoms with van der Waals surface area (Å²) in [5.41, 5.74) is 0. The SMILES string of the molecule is Cc1cnc(CC2CCCNC2)s1. The van der Waals surface area contributed by atoms with Crippen LogP contribution in [-0.4, -0.2) is 18.1 Å². The topological polar surface area (TPSA) is 24.9 Å². The second-order valence-corrected chi connectivity index (χ2v) is 5.10. The molecule has 0 aromatic carbocycles. The third-order valence-corrected chi connectivity index (χ3v) is 3.47. The van der Waals surface area contributed by atoms with Crippen molar-refractivity contribution in [3.8, 4) is 0 Å². The Balaban J connectivity index is 1.89. The first-order valence-electron chi connectivity index (χ1n) is 4.96. The van der Waals surface area contributed by atoms with E-state index in [0.717, 1.165) is 5.92 Å². The second-order valence-electron chi connectivity index (χ2n) is 3.78. The van der Waals surface area contributed by atoms with Gasteiger partial charge >= 0.3 is 0 Å². The van der Waals surface area contributed by atoms with Crippen molar-refractivity contribution in [3.63, 3.8) is 0 Å². The van der Waals surface area contributed by atoms with Crippen molar-refractivity contribution in [1.82, 2.24) is 10.3 Å². The van der Waals surface area contributed by atoms with Crippen LogP contribution in [0.4, 0.5) is 0 Å². The molecule has 1 aromatic rings. The van der Waals surface area contributed by atoms with Gasteiger partial charge in [-0.15, -0.1) is 11.3 Å². The van der Waals surface area contributed by atoms with Gasteiger partial charge in [0.25, 0.3) is 0 Å². The van der Waals surface area contributed by atoms with Crippen LogP contribution in [0.2, 0.25) is 0 Å². The van der Waals surface area contributed by atoms with Crippen LogP contribution in [-0.2, 0) is 6.42 Å². The van der Waals surface area contributed by atoms with Crippen molar-refractivity contribution in [1.29, 1.82) is 0 Å². The molecular formula is C10H16N2S. The van der Waals surface area contributed by atoms with Crippen LogP contribution in [0.5, 0.6) is 0 Å². The first-order valence-corrected chi connectivity index (χ1v) is 5.78. The molecule has 0 amide bonds. The van der Waals surface area contributed by atoms with Crippen molar-refractivity contribution < 1.29 is 0 Å². The van der Waals surface area contributed by atoms with Crippen LogP contribution in [0, 0.1) is 12.8 Å². The molecule has 0 aliphatic carbocycles. The lowest BCUT2D eigenvalue weighted by molar-refractivity contribution is 0.376. The molecule has 0 bridgehead atoms. The molecule has 1 aromatic heterocycles. The van der Waals surface area contributed by atoms with E-state index < -0.39 is 0 Å². The largest absolute Gasteiger partial charge is 0.316 e. The van der Waals surface area contributed by atoms with E-state index in [2.05, 4.69) is 17.2 Å². The predicted molar refractivity (Wildman–Crippen MR) is 56.1 cm³/mol. The predicted octanol–water partition coefficient (Wildman–Crippen LogP) is 1.99. The van der Waals surface area contributed by atoms with Gasteiger partial charge in [-0.3, -0.25) is 0 Å². The zero-order chi connectivity index (χ0) is 9.10. The van der Waals surface area contributed by atoms with E-state index in [1.54, 1.807) is 0 Å². The molecule has 2 rings (SSSR count). The summed E-state index contributed by atoms with van der Waals surface area (Å²) in [5.74, 6) is 0.819. The lowest BCUT2D eigenvalue weighted by Crippen LogP contribution is -2.30. The highest BCUT2D eigenvalue weighted by Crippen LogP contribution is 2.19. The van der Waals surface area contributed by atoms with E-state index in [9.17, 15) is 0 Å². The Kier molecular flexibility index (Phi) is 2.96. The lowest BCUT2D eigenvalue weighted by atomic mass is 9.97. The van der Waals surface area contributed by atoms with Gasteiger partial charge in [0.15, 0.2) is 0 Å². The van der Waals surface area contributed by atoms with Gasteiger partial charge in [0.1, 0.15) is 0 Å². The molecule has 1 atom stereocenters. The molecule has 1 aliphatic rings. The van der Waals surface area contributed by atoms with Crippen molar-refractivity contribution >= 4 is 11.3 Å². The van der Waals surface area contributed by atoms with Crippen molar-refractivity contribution in [2.45, 2.75) is 26.2 Å². The van der Waals surface area contributed by atoms with E-state index in [4.69, 9.17) is 0 Å². The van der Waals surface area contributed by atoms with Gasteiger partial charge in [-0.25, -0.2) is 4.98 Å². The zero-order valence-corrected chi connectivity index (χ0v) is 8.86. The first kappa shape index (κ1) is 9.16. The number of hydrogen-bond acceptors (Lipinski definition) is 3. The Labute approximate surface area is 83.4 Å². The average molecular weight is 196 g/mol. The summed E-state index contributed by atoms with van der Waals surface area (Å²) in [5, 5.41) is 4.75. The molecule has 1 N–H and O–H groups in total. The van der Waals surface area contributed by atoms with Crippen LogP contribution in [0.25, 0.3) is 0 Å². The molecule has 13 heavy (non-hydrogen) atoms. The second kappa shape index (κ2) is 4.20. The van der Waals surface area contributed by atoms with Gasteiger partial charge < -0.3 is 5.32 Å². The summed E-state index contributed by atoms with van der Waals surface area (Å²) in [4.78, 5) is 5.73. The maximum Gasteiger partial charge on any atom is 0.0930 e. The third kappa shape index (κ3) is 2.51. The Hall–Kier alpha value is -0.410. The summed E-state index contributed by atoms with van der Waals surface area (Å²) in [6, 6.07) is 0. The highest BCUT2D eigenvalue weighted by molar-refractivity contribution is 7.11. The molecule has 2 nitrogen and oxygen atoms in total. The Bertz CT molecular complexity index is 264.